The number of anilines is 1. The highest BCUT2D eigenvalue weighted by Crippen LogP contribution is 2.34. The van der Waals surface area contributed by atoms with Crippen molar-refractivity contribution in [3.05, 3.63) is 29.8 Å². The quantitative estimate of drug-likeness (QED) is 0.700. The lowest BCUT2D eigenvalue weighted by Crippen LogP contribution is -2.59. The SMILES string of the molecule is CC(C)(O)CC1(C)Nc2ccccc2C(=O)N1O. The Balaban J connectivity index is 2.40. The van der Waals surface area contributed by atoms with Crippen molar-refractivity contribution in [2.75, 3.05) is 5.32 Å². The molecule has 0 spiro atoms. The Labute approximate surface area is 106 Å². The van der Waals surface area contributed by atoms with E-state index in [-0.39, 0.29) is 6.42 Å². The molecule has 3 N–H and O–H groups in total. The molecule has 5 heteroatoms. The van der Waals surface area contributed by atoms with E-state index in [2.05, 4.69) is 5.32 Å². The molecule has 0 saturated carbocycles. The van der Waals surface area contributed by atoms with Crippen LogP contribution in [0.25, 0.3) is 0 Å². The molecule has 0 bridgehead atoms. The summed E-state index contributed by atoms with van der Waals surface area (Å²) in [6.45, 7) is 4.95. The molecule has 1 heterocycles. The van der Waals surface area contributed by atoms with Gasteiger partial charge in [-0.05, 0) is 32.9 Å². The molecule has 1 atom stereocenters. The Hall–Kier alpha value is -1.59. The number of carbonyl (C=O) groups excluding carboxylic acids is 1. The number of rotatable bonds is 2. The minimum absolute atomic E-state index is 0.205. The van der Waals surface area contributed by atoms with Crippen LogP contribution in [0.4, 0.5) is 5.69 Å². The van der Waals surface area contributed by atoms with Crippen LogP contribution in [-0.4, -0.2) is 32.5 Å². The average Bonchev–Trinajstić information content (AvgIpc) is 2.24. The Morgan fingerprint density at radius 3 is 2.61 bits per heavy atom. The first-order valence-electron chi connectivity index (χ1n) is 5.86. The predicted octanol–water partition coefficient (Wildman–Crippen LogP) is 1.82. The van der Waals surface area contributed by atoms with Gasteiger partial charge in [0, 0.05) is 12.1 Å². The summed E-state index contributed by atoms with van der Waals surface area (Å²) in [5.41, 5.74) is -0.938. The van der Waals surface area contributed by atoms with Gasteiger partial charge in [-0.1, -0.05) is 12.1 Å². The lowest BCUT2D eigenvalue weighted by atomic mass is 9.91. The van der Waals surface area contributed by atoms with Gasteiger partial charge in [0.25, 0.3) is 5.91 Å². The Bertz CT molecular complexity index is 481. The van der Waals surface area contributed by atoms with E-state index in [9.17, 15) is 15.1 Å². The van der Waals surface area contributed by atoms with Gasteiger partial charge in [0.15, 0.2) is 0 Å². The predicted molar refractivity (Wildman–Crippen MR) is 67.3 cm³/mol. The second-order valence-corrected chi connectivity index (χ2v) is 5.55. The number of benzene rings is 1. The maximum Gasteiger partial charge on any atom is 0.281 e. The molecule has 98 valence electrons. The number of carbonyl (C=O) groups is 1. The molecule has 5 nitrogen and oxygen atoms in total. The largest absolute Gasteiger partial charge is 0.390 e. The Kier molecular flexibility index (Phi) is 2.83. The number of nitrogens with zero attached hydrogens (tertiary/aromatic N) is 1. The zero-order chi connectivity index (χ0) is 13.6. The third-order valence-corrected chi connectivity index (χ3v) is 3.00. The summed E-state index contributed by atoms with van der Waals surface area (Å²) < 4.78 is 0. The van der Waals surface area contributed by atoms with Crippen LogP contribution in [0.5, 0.6) is 0 Å². The molecule has 1 aliphatic heterocycles. The molecule has 1 aromatic rings. The van der Waals surface area contributed by atoms with Gasteiger partial charge in [0.05, 0.1) is 11.2 Å². The topological polar surface area (TPSA) is 72.8 Å². The molecule has 1 amide bonds. The molecule has 0 fully saturated rings. The number of para-hydroxylation sites is 1. The zero-order valence-electron chi connectivity index (χ0n) is 10.8. The van der Waals surface area contributed by atoms with Gasteiger partial charge in [0.1, 0.15) is 5.66 Å². The van der Waals surface area contributed by atoms with Crippen molar-refractivity contribution in [2.24, 2.45) is 0 Å². The van der Waals surface area contributed by atoms with E-state index in [1.807, 2.05) is 6.07 Å². The molecule has 1 aliphatic rings. The molecule has 0 aromatic heterocycles. The maximum absolute atomic E-state index is 12.1. The first-order chi connectivity index (χ1) is 8.23. The summed E-state index contributed by atoms with van der Waals surface area (Å²) in [7, 11) is 0. The monoisotopic (exact) mass is 250 g/mol. The fourth-order valence-electron chi connectivity index (χ4n) is 2.42. The number of nitrogens with one attached hydrogen (secondary N) is 1. The molecule has 0 saturated heterocycles. The average molecular weight is 250 g/mol. The highest BCUT2D eigenvalue weighted by molar-refractivity contribution is 6.01. The normalized spacial score (nSPS) is 23.6. The Morgan fingerprint density at radius 2 is 2.00 bits per heavy atom. The number of aliphatic hydroxyl groups is 1. The molecule has 1 aromatic carbocycles. The fourth-order valence-corrected chi connectivity index (χ4v) is 2.42. The van der Waals surface area contributed by atoms with Gasteiger partial charge >= 0.3 is 0 Å². The maximum atomic E-state index is 12.1. The lowest BCUT2D eigenvalue weighted by Gasteiger charge is -2.44. The van der Waals surface area contributed by atoms with Crippen molar-refractivity contribution >= 4 is 11.6 Å². The molecule has 18 heavy (non-hydrogen) atoms. The molecular formula is C13H18N2O3. The summed E-state index contributed by atoms with van der Waals surface area (Å²) in [4.78, 5) is 12.1. The van der Waals surface area contributed by atoms with Gasteiger partial charge in [-0.2, -0.15) is 5.06 Å². The van der Waals surface area contributed by atoms with Crippen molar-refractivity contribution in [2.45, 2.75) is 38.5 Å². The van der Waals surface area contributed by atoms with E-state index in [1.54, 1.807) is 39.0 Å². The van der Waals surface area contributed by atoms with E-state index < -0.39 is 17.2 Å². The number of amides is 1. The molecule has 2 rings (SSSR count). The van der Waals surface area contributed by atoms with Crippen LogP contribution in [-0.2, 0) is 0 Å². The van der Waals surface area contributed by atoms with Crippen LogP contribution in [0.15, 0.2) is 24.3 Å². The van der Waals surface area contributed by atoms with Crippen LogP contribution in [0.3, 0.4) is 0 Å². The van der Waals surface area contributed by atoms with E-state index in [1.165, 1.54) is 0 Å². The minimum atomic E-state index is -1.02. The summed E-state index contributed by atoms with van der Waals surface area (Å²) in [6.07, 6.45) is 0.205. The first-order valence-corrected chi connectivity index (χ1v) is 5.86. The standard InChI is InChI=1S/C13H18N2O3/c1-12(2,17)8-13(3)14-10-7-5-4-6-9(10)11(16)15(13)18/h4-7,14,17-18H,8H2,1-3H3. The summed E-state index contributed by atoms with van der Waals surface area (Å²) >= 11 is 0. The van der Waals surface area contributed by atoms with E-state index in [4.69, 9.17) is 0 Å². The van der Waals surface area contributed by atoms with E-state index in [0.29, 0.717) is 16.3 Å². The van der Waals surface area contributed by atoms with Crippen LogP contribution in [0.2, 0.25) is 0 Å². The smallest absolute Gasteiger partial charge is 0.281 e. The van der Waals surface area contributed by atoms with Crippen molar-refractivity contribution in [1.82, 2.24) is 5.06 Å². The van der Waals surface area contributed by atoms with Gasteiger partial charge in [-0.15, -0.1) is 0 Å². The van der Waals surface area contributed by atoms with Gasteiger partial charge in [-0.3, -0.25) is 10.0 Å². The van der Waals surface area contributed by atoms with Gasteiger partial charge in [0.2, 0.25) is 0 Å². The molecule has 0 aliphatic carbocycles. The van der Waals surface area contributed by atoms with Crippen LogP contribution in [0.1, 0.15) is 37.6 Å². The highest BCUT2D eigenvalue weighted by atomic mass is 16.5. The van der Waals surface area contributed by atoms with Crippen LogP contribution < -0.4 is 5.32 Å². The van der Waals surface area contributed by atoms with Crippen molar-refractivity contribution in [3.8, 4) is 0 Å². The molecular weight excluding hydrogens is 232 g/mol. The van der Waals surface area contributed by atoms with Crippen molar-refractivity contribution in [1.29, 1.82) is 0 Å². The second kappa shape index (κ2) is 3.96. The summed E-state index contributed by atoms with van der Waals surface area (Å²) in [5, 5.41) is 23.7. The van der Waals surface area contributed by atoms with E-state index in [0.717, 1.165) is 0 Å². The summed E-state index contributed by atoms with van der Waals surface area (Å²) in [6, 6.07) is 6.99. The molecule has 0 radical (unpaired) electrons. The number of hydrogen-bond acceptors (Lipinski definition) is 4. The second-order valence-electron chi connectivity index (χ2n) is 5.55. The lowest BCUT2D eigenvalue weighted by molar-refractivity contribution is -0.138. The number of hydrogen-bond donors (Lipinski definition) is 3. The van der Waals surface area contributed by atoms with Crippen molar-refractivity contribution < 1.29 is 15.1 Å². The fraction of sp³-hybridized carbons (Fsp3) is 0.462. The number of hydroxylamine groups is 2. The van der Waals surface area contributed by atoms with Crippen molar-refractivity contribution in [3.63, 3.8) is 0 Å². The molecule has 1 unspecified atom stereocenters. The third-order valence-electron chi connectivity index (χ3n) is 3.00. The van der Waals surface area contributed by atoms with Gasteiger partial charge < -0.3 is 10.4 Å². The summed E-state index contributed by atoms with van der Waals surface area (Å²) in [5.74, 6) is -0.462. The first kappa shape index (κ1) is 12.9. The van der Waals surface area contributed by atoms with Crippen LogP contribution in [0, 0.1) is 0 Å². The third kappa shape index (κ3) is 2.19. The highest BCUT2D eigenvalue weighted by Gasteiger charge is 2.43. The van der Waals surface area contributed by atoms with Crippen LogP contribution >= 0.6 is 0 Å². The van der Waals surface area contributed by atoms with Gasteiger partial charge in [-0.25, -0.2) is 0 Å². The number of fused-ring (bicyclic) bond motifs is 1. The minimum Gasteiger partial charge on any atom is -0.390 e. The van der Waals surface area contributed by atoms with E-state index >= 15 is 0 Å². The zero-order valence-corrected chi connectivity index (χ0v) is 10.8. The Morgan fingerprint density at radius 1 is 1.39 bits per heavy atom.